The van der Waals surface area contributed by atoms with Crippen LogP contribution in [0.5, 0.6) is 0 Å². The van der Waals surface area contributed by atoms with Crippen LogP contribution in [0.2, 0.25) is 5.02 Å². The maximum Gasteiger partial charge on any atom is 0.337 e. The first kappa shape index (κ1) is 18.1. The van der Waals surface area contributed by atoms with Gasteiger partial charge in [-0.05, 0) is 42.3 Å². The van der Waals surface area contributed by atoms with Crippen LogP contribution < -0.4 is 0 Å². The van der Waals surface area contributed by atoms with Crippen molar-refractivity contribution in [2.75, 3.05) is 7.11 Å². The van der Waals surface area contributed by atoms with E-state index in [0.29, 0.717) is 17.0 Å². The predicted molar refractivity (Wildman–Crippen MR) is 107 cm³/mol. The Labute approximate surface area is 166 Å². The molecule has 0 aliphatic rings. The van der Waals surface area contributed by atoms with Gasteiger partial charge in [-0.1, -0.05) is 23.7 Å². The first-order valence-electron chi connectivity index (χ1n) is 8.75. The molecular weight excluding hydrogens is 376 g/mol. The fourth-order valence-corrected chi connectivity index (χ4v) is 3.12. The number of hydrogen-bond donors (Lipinski definition) is 0. The number of hydrogen-bond acceptors (Lipinski definition) is 5. The topological polar surface area (TPSA) is 69.9 Å². The van der Waals surface area contributed by atoms with Crippen molar-refractivity contribution < 1.29 is 9.53 Å². The monoisotopic (exact) mass is 392 g/mol. The summed E-state index contributed by atoms with van der Waals surface area (Å²) in [4.78, 5) is 20.6. The maximum atomic E-state index is 11.7. The first-order valence-corrected chi connectivity index (χ1v) is 9.12. The van der Waals surface area contributed by atoms with Gasteiger partial charge in [0.15, 0.2) is 0 Å². The lowest BCUT2D eigenvalue weighted by atomic mass is 10.1. The summed E-state index contributed by atoms with van der Waals surface area (Å²) >= 11 is 5.93. The summed E-state index contributed by atoms with van der Waals surface area (Å²) in [6.45, 7) is 0.738. The van der Waals surface area contributed by atoms with Crippen LogP contribution in [0.3, 0.4) is 0 Å². The molecule has 0 saturated carbocycles. The number of ether oxygens (including phenoxy) is 1. The van der Waals surface area contributed by atoms with Gasteiger partial charge in [-0.25, -0.2) is 4.79 Å². The second kappa shape index (κ2) is 7.78. The largest absolute Gasteiger partial charge is 0.465 e. The van der Waals surface area contributed by atoms with E-state index in [2.05, 4.69) is 15.1 Å². The Morgan fingerprint density at radius 2 is 1.86 bits per heavy atom. The van der Waals surface area contributed by atoms with E-state index < -0.39 is 5.97 Å². The number of benzene rings is 1. The summed E-state index contributed by atoms with van der Waals surface area (Å²) in [5.74, 6) is -0.403. The van der Waals surface area contributed by atoms with Crippen molar-refractivity contribution in [2.45, 2.75) is 13.0 Å². The van der Waals surface area contributed by atoms with E-state index in [-0.39, 0.29) is 0 Å². The molecule has 6 nitrogen and oxygen atoms in total. The van der Waals surface area contributed by atoms with E-state index in [4.69, 9.17) is 16.3 Å². The molecule has 1 aromatic carbocycles. The third-order valence-corrected chi connectivity index (χ3v) is 4.75. The molecule has 4 rings (SSSR count). The number of pyridine rings is 2. The molecule has 3 aromatic heterocycles. The van der Waals surface area contributed by atoms with Crippen molar-refractivity contribution in [3.63, 3.8) is 0 Å². The quantitative estimate of drug-likeness (QED) is 0.476. The third kappa shape index (κ3) is 3.73. The molecule has 0 N–H and O–H groups in total. The average molecular weight is 393 g/mol. The Kier molecular flexibility index (Phi) is 5.04. The molecular formula is C21H17ClN4O2. The van der Waals surface area contributed by atoms with Crippen molar-refractivity contribution >= 4 is 28.5 Å². The summed E-state index contributed by atoms with van der Waals surface area (Å²) in [7, 11) is 1.35. The molecule has 0 atom stereocenters. The average Bonchev–Trinajstić information content (AvgIpc) is 3.15. The lowest BCUT2D eigenvalue weighted by Gasteiger charge is -2.06. The standard InChI is InChI=1S/C21H17ClN4O2/c1-28-21(27)15-6-8-23-18(10-15)19-11-16-12-25-26(20(16)13-24-19)9-7-14-2-4-17(22)5-3-14/h2-6,8,10-13H,7,9H2,1H3. The Morgan fingerprint density at radius 3 is 2.64 bits per heavy atom. The fourth-order valence-electron chi connectivity index (χ4n) is 3.00. The lowest BCUT2D eigenvalue weighted by Crippen LogP contribution is -2.03. The molecule has 3 heterocycles. The fraction of sp³-hybridized carbons (Fsp3) is 0.143. The van der Waals surface area contributed by atoms with Crippen LogP contribution in [0.15, 0.2) is 61.1 Å². The molecule has 0 unspecified atom stereocenters. The molecule has 140 valence electrons. The number of nitrogens with zero attached hydrogens (tertiary/aromatic N) is 4. The summed E-state index contributed by atoms with van der Waals surface area (Å²) in [5.41, 5.74) is 3.87. The van der Waals surface area contributed by atoms with Gasteiger partial charge in [0.1, 0.15) is 0 Å². The number of aryl methyl sites for hydroxylation is 2. The summed E-state index contributed by atoms with van der Waals surface area (Å²) < 4.78 is 6.69. The van der Waals surface area contributed by atoms with Crippen molar-refractivity contribution in [3.8, 4) is 11.4 Å². The zero-order valence-electron chi connectivity index (χ0n) is 15.2. The second-order valence-electron chi connectivity index (χ2n) is 6.29. The van der Waals surface area contributed by atoms with E-state index >= 15 is 0 Å². The van der Waals surface area contributed by atoms with Gasteiger partial charge < -0.3 is 4.74 Å². The number of esters is 1. The molecule has 0 radical (unpaired) electrons. The van der Waals surface area contributed by atoms with Crippen LogP contribution in [-0.2, 0) is 17.7 Å². The van der Waals surface area contributed by atoms with Gasteiger partial charge in [-0.2, -0.15) is 5.10 Å². The van der Waals surface area contributed by atoms with Crippen LogP contribution in [0, 0.1) is 0 Å². The molecule has 0 aliphatic heterocycles. The highest BCUT2D eigenvalue weighted by Crippen LogP contribution is 2.22. The second-order valence-corrected chi connectivity index (χ2v) is 6.73. The minimum atomic E-state index is -0.403. The number of carbonyl (C=O) groups excluding carboxylic acids is 1. The normalized spacial score (nSPS) is 10.9. The minimum absolute atomic E-state index is 0.403. The third-order valence-electron chi connectivity index (χ3n) is 4.50. The maximum absolute atomic E-state index is 11.7. The molecule has 0 fully saturated rings. The first-order chi connectivity index (χ1) is 13.6. The Hall–Kier alpha value is -3.25. The van der Waals surface area contributed by atoms with Gasteiger partial charge >= 0.3 is 5.97 Å². The van der Waals surface area contributed by atoms with Crippen molar-refractivity contribution in [1.29, 1.82) is 0 Å². The zero-order chi connectivity index (χ0) is 19.5. The van der Waals surface area contributed by atoms with E-state index in [1.165, 1.54) is 12.7 Å². The molecule has 4 aromatic rings. The van der Waals surface area contributed by atoms with Crippen LogP contribution in [0.1, 0.15) is 15.9 Å². The Bertz CT molecular complexity index is 1140. The highest BCUT2D eigenvalue weighted by molar-refractivity contribution is 6.30. The number of methoxy groups -OCH3 is 1. The number of halogens is 1. The van der Waals surface area contributed by atoms with Gasteiger partial charge in [0.2, 0.25) is 0 Å². The van der Waals surface area contributed by atoms with E-state index in [1.54, 1.807) is 24.5 Å². The van der Waals surface area contributed by atoms with Crippen molar-refractivity contribution in [3.05, 3.63) is 77.2 Å². The SMILES string of the molecule is COC(=O)c1ccnc(-c2cc3cnn(CCc4ccc(Cl)cc4)c3cn2)c1. The molecule has 0 aliphatic carbocycles. The van der Waals surface area contributed by atoms with E-state index in [9.17, 15) is 4.79 Å². The van der Waals surface area contributed by atoms with Gasteiger partial charge in [-0.3, -0.25) is 14.6 Å². The van der Waals surface area contributed by atoms with Crippen molar-refractivity contribution in [1.82, 2.24) is 19.7 Å². The van der Waals surface area contributed by atoms with Crippen LogP contribution in [0.25, 0.3) is 22.3 Å². The molecule has 0 bridgehead atoms. The van der Waals surface area contributed by atoms with Crippen LogP contribution in [0.4, 0.5) is 0 Å². The highest BCUT2D eigenvalue weighted by Gasteiger charge is 2.11. The van der Waals surface area contributed by atoms with Crippen molar-refractivity contribution in [2.24, 2.45) is 0 Å². The summed E-state index contributed by atoms with van der Waals surface area (Å²) in [6.07, 6.45) is 6.01. The number of rotatable bonds is 5. The van der Waals surface area contributed by atoms with Gasteiger partial charge in [0.25, 0.3) is 0 Å². The zero-order valence-corrected chi connectivity index (χ0v) is 15.9. The number of aromatic nitrogens is 4. The Morgan fingerprint density at radius 1 is 1.07 bits per heavy atom. The summed E-state index contributed by atoms with van der Waals surface area (Å²) in [5, 5.41) is 6.17. The molecule has 28 heavy (non-hydrogen) atoms. The Balaban J connectivity index is 1.57. The number of fused-ring (bicyclic) bond motifs is 1. The lowest BCUT2D eigenvalue weighted by molar-refractivity contribution is 0.0600. The minimum Gasteiger partial charge on any atom is -0.465 e. The van der Waals surface area contributed by atoms with Gasteiger partial charge in [0.05, 0.1) is 42.0 Å². The predicted octanol–water partition coefficient (Wildman–Crippen LogP) is 4.18. The number of carbonyl (C=O) groups is 1. The van der Waals surface area contributed by atoms with E-state index in [0.717, 1.165) is 28.9 Å². The summed E-state index contributed by atoms with van der Waals surface area (Å²) in [6, 6.07) is 13.0. The van der Waals surface area contributed by atoms with Gasteiger partial charge in [-0.15, -0.1) is 0 Å². The van der Waals surface area contributed by atoms with Crippen LogP contribution in [-0.4, -0.2) is 32.8 Å². The molecule has 7 heteroatoms. The molecule has 0 amide bonds. The molecule has 0 spiro atoms. The molecule has 0 saturated heterocycles. The highest BCUT2D eigenvalue weighted by atomic mass is 35.5. The van der Waals surface area contributed by atoms with E-state index in [1.807, 2.05) is 41.2 Å². The smallest absolute Gasteiger partial charge is 0.337 e. The van der Waals surface area contributed by atoms with Crippen LogP contribution >= 0.6 is 11.6 Å². The van der Waals surface area contributed by atoms with Gasteiger partial charge in [0, 0.05) is 23.2 Å².